The summed E-state index contributed by atoms with van der Waals surface area (Å²) in [4.78, 5) is 26.4. The van der Waals surface area contributed by atoms with Crippen LogP contribution in [0.3, 0.4) is 0 Å². The number of ether oxygens (including phenoxy) is 4. The van der Waals surface area contributed by atoms with E-state index < -0.39 is 96.9 Å². The second-order valence-corrected chi connectivity index (χ2v) is 20.6. The summed E-state index contributed by atoms with van der Waals surface area (Å²) in [6.07, 6.45) is -6.11. The van der Waals surface area contributed by atoms with Crippen molar-refractivity contribution in [1.29, 1.82) is 0 Å². The van der Waals surface area contributed by atoms with E-state index in [0.717, 1.165) is 32.1 Å². The van der Waals surface area contributed by atoms with Gasteiger partial charge in [0, 0.05) is 5.41 Å². The summed E-state index contributed by atoms with van der Waals surface area (Å²) in [6, 6.07) is 0. The van der Waals surface area contributed by atoms with Gasteiger partial charge in [0.05, 0.1) is 24.7 Å². The molecule has 6 fully saturated rings. The lowest BCUT2D eigenvalue weighted by Crippen LogP contribution is -2.68. The number of aliphatic carboxylic acids is 1. The molecule has 2 saturated heterocycles. The van der Waals surface area contributed by atoms with Gasteiger partial charge in [0.25, 0.3) is 0 Å². The van der Waals surface area contributed by atoms with Gasteiger partial charge in [-0.3, -0.25) is 4.79 Å². The molecular weight excluding hydrogens is 744 g/mol. The Labute approximate surface area is 334 Å². The van der Waals surface area contributed by atoms with Crippen molar-refractivity contribution in [2.45, 2.75) is 167 Å². The molecule has 20 atom stereocenters. The summed E-state index contributed by atoms with van der Waals surface area (Å²) < 4.78 is 23.4. The molecule has 15 nitrogen and oxygen atoms in total. The van der Waals surface area contributed by atoms with Gasteiger partial charge >= 0.3 is 11.9 Å². The van der Waals surface area contributed by atoms with E-state index in [2.05, 4.69) is 46.8 Å². The molecule has 324 valence electrons. The lowest BCUT2D eigenvalue weighted by atomic mass is 9.33. The van der Waals surface area contributed by atoms with Gasteiger partial charge < -0.3 is 64.9 Å². The van der Waals surface area contributed by atoms with Crippen LogP contribution in [0.5, 0.6) is 0 Å². The Hall–Kier alpha value is -1.76. The van der Waals surface area contributed by atoms with Crippen LogP contribution in [0.15, 0.2) is 12.2 Å². The number of carboxylic acids is 1. The molecule has 15 heteroatoms. The van der Waals surface area contributed by atoms with Crippen LogP contribution in [0, 0.1) is 56.2 Å². The zero-order valence-electron chi connectivity index (χ0n) is 34.1. The minimum absolute atomic E-state index is 0.00682. The number of carbonyl (C=O) groups excluding carboxylic acids is 1. The van der Waals surface area contributed by atoms with Crippen molar-refractivity contribution in [3.8, 4) is 0 Å². The predicted molar refractivity (Wildman–Crippen MR) is 199 cm³/mol. The molecule has 7 rings (SSSR count). The summed E-state index contributed by atoms with van der Waals surface area (Å²) in [6.45, 7) is 12.6. The third-order valence-corrected chi connectivity index (χ3v) is 17.4. The maximum Gasteiger partial charge on any atom is 0.335 e. The number of hydrogen-bond donors (Lipinski definition) is 9. The Kier molecular flexibility index (Phi) is 11.2. The maximum atomic E-state index is 14.6. The van der Waals surface area contributed by atoms with Crippen LogP contribution in [-0.4, -0.2) is 139 Å². The molecular formula is C42H66O15. The van der Waals surface area contributed by atoms with Crippen LogP contribution >= 0.6 is 0 Å². The third-order valence-electron chi connectivity index (χ3n) is 17.4. The normalized spacial score (nSPS) is 54.4. The lowest BCUT2D eigenvalue weighted by Gasteiger charge is -2.72. The van der Waals surface area contributed by atoms with Gasteiger partial charge in [0.2, 0.25) is 6.29 Å². The number of aliphatic hydroxyl groups excluding tert-OH is 8. The Morgan fingerprint density at radius 3 is 2.02 bits per heavy atom. The monoisotopic (exact) mass is 810 g/mol. The van der Waals surface area contributed by atoms with Crippen LogP contribution in [0.25, 0.3) is 0 Å². The fourth-order valence-corrected chi connectivity index (χ4v) is 13.6. The molecule has 9 N–H and O–H groups in total. The van der Waals surface area contributed by atoms with Crippen LogP contribution in [-0.2, 0) is 28.5 Å². The van der Waals surface area contributed by atoms with Crippen LogP contribution in [0.1, 0.15) is 99.3 Å². The smallest absolute Gasteiger partial charge is 0.335 e. The molecule has 0 amide bonds. The summed E-state index contributed by atoms with van der Waals surface area (Å²) in [7, 11) is 0. The molecule has 0 spiro atoms. The molecule has 0 aromatic carbocycles. The quantitative estimate of drug-likeness (QED) is 0.0997. The van der Waals surface area contributed by atoms with E-state index >= 15 is 0 Å². The van der Waals surface area contributed by atoms with Crippen molar-refractivity contribution in [2.75, 3.05) is 13.2 Å². The number of carboxylic acid groups (broad SMARTS) is 1. The van der Waals surface area contributed by atoms with Crippen molar-refractivity contribution >= 4 is 11.9 Å². The van der Waals surface area contributed by atoms with E-state index in [1.807, 2.05) is 6.92 Å². The van der Waals surface area contributed by atoms with E-state index in [9.17, 15) is 55.5 Å². The first-order chi connectivity index (χ1) is 26.5. The molecule has 0 aromatic heterocycles. The number of esters is 1. The number of carbonyl (C=O) groups is 2. The SMILES string of the molecule is CC1(C)CCC2(C(=O)OC3OC(CO)C(O)C(O)C3O)CCC3(C)C(C=CC4C5(C)CCC(OC6OC(C(=O)O)C(O)C(O)C6O)C(C)(CO)C5CCC43C)C2C1. The first-order valence-electron chi connectivity index (χ1n) is 20.9. The molecule has 20 unspecified atom stereocenters. The van der Waals surface area contributed by atoms with Gasteiger partial charge in [0.15, 0.2) is 12.4 Å². The molecule has 2 heterocycles. The van der Waals surface area contributed by atoms with Crippen molar-refractivity contribution in [2.24, 2.45) is 56.2 Å². The van der Waals surface area contributed by atoms with Gasteiger partial charge in [-0.1, -0.05) is 53.7 Å². The number of allylic oxidation sites excluding steroid dienone is 2. The molecule has 7 aliphatic rings. The molecule has 0 radical (unpaired) electrons. The molecule has 5 aliphatic carbocycles. The highest BCUT2D eigenvalue weighted by atomic mass is 16.7. The average Bonchev–Trinajstić information content (AvgIpc) is 3.16. The van der Waals surface area contributed by atoms with Gasteiger partial charge in [-0.05, 0) is 103 Å². The maximum absolute atomic E-state index is 14.6. The molecule has 57 heavy (non-hydrogen) atoms. The second-order valence-electron chi connectivity index (χ2n) is 20.6. The minimum Gasteiger partial charge on any atom is -0.479 e. The van der Waals surface area contributed by atoms with Crippen molar-refractivity contribution in [1.82, 2.24) is 0 Å². The lowest BCUT2D eigenvalue weighted by molar-refractivity contribution is -0.327. The Morgan fingerprint density at radius 2 is 1.37 bits per heavy atom. The van der Waals surface area contributed by atoms with E-state index in [0.29, 0.717) is 25.7 Å². The number of rotatable bonds is 7. The van der Waals surface area contributed by atoms with E-state index in [4.69, 9.17) is 18.9 Å². The highest BCUT2D eigenvalue weighted by molar-refractivity contribution is 5.78. The van der Waals surface area contributed by atoms with E-state index in [1.165, 1.54) is 0 Å². The summed E-state index contributed by atoms with van der Waals surface area (Å²) in [5.41, 5.74) is -2.52. The van der Waals surface area contributed by atoms with Crippen LogP contribution in [0.2, 0.25) is 0 Å². The zero-order valence-corrected chi connectivity index (χ0v) is 34.1. The fraction of sp³-hybridized carbons (Fsp3) is 0.905. The van der Waals surface area contributed by atoms with Crippen molar-refractivity contribution in [3.05, 3.63) is 12.2 Å². The second kappa shape index (κ2) is 14.7. The average molecular weight is 811 g/mol. The van der Waals surface area contributed by atoms with Crippen LogP contribution < -0.4 is 0 Å². The largest absolute Gasteiger partial charge is 0.479 e. The van der Waals surface area contributed by atoms with Gasteiger partial charge in [0.1, 0.15) is 42.7 Å². The molecule has 4 saturated carbocycles. The first-order valence-corrected chi connectivity index (χ1v) is 20.9. The van der Waals surface area contributed by atoms with Crippen LogP contribution in [0.4, 0.5) is 0 Å². The van der Waals surface area contributed by atoms with Crippen molar-refractivity contribution < 1.29 is 74.5 Å². The number of hydrogen-bond acceptors (Lipinski definition) is 14. The Bertz CT molecular complexity index is 1570. The predicted octanol–water partition coefficient (Wildman–Crippen LogP) is 1.24. The van der Waals surface area contributed by atoms with Gasteiger partial charge in [-0.2, -0.15) is 0 Å². The minimum atomic E-state index is -1.84. The summed E-state index contributed by atoms with van der Waals surface area (Å²) >= 11 is 0. The fourth-order valence-electron chi connectivity index (χ4n) is 13.6. The highest BCUT2D eigenvalue weighted by Gasteiger charge is 2.71. The van der Waals surface area contributed by atoms with E-state index in [-0.39, 0.29) is 51.9 Å². The summed E-state index contributed by atoms with van der Waals surface area (Å²) in [5.74, 6) is -2.04. The highest BCUT2D eigenvalue weighted by Crippen LogP contribution is 2.76. The topological polar surface area (TPSA) is 253 Å². The van der Waals surface area contributed by atoms with Gasteiger partial charge in [-0.15, -0.1) is 0 Å². The molecule has 0 aromatic rings. The number of aliphatic hydroxyl groups is 8. The van der Waals surface area contributed by atoms with Crippen molar-refractivity contribution in [3.63, 3.8) is 0 Å². The Balaban J connectivity index is 1.17. The Morgan fingerprint density at radius 1 is 0.719 bits per heavy atom. The van der Waals surface area contributed by atoms with E-state index in [1.54, 1.807) is 0 Å². The third kappa shape index (κ3) is 6.39. The van der Waals surface area contributed by atoms with Gasteiger partial charge in [-0.25, -0.2) is 4.79 Å². The zero-order chi connectivity index (χ0) is 41.8. The molecule has 2 aliphatic heterocycles. The standard InChI is InChI=1S/C42H66O15/c1-37(2)13-15-42(36(53)57-34-30(49)27(46)26(45)22(18-43)54-34)16-14-40(5)20(21(42)17-37)7-8-24-38(3)11-10-25(39(4,19-44)23(38)9-12-41(24,40)6)55-35-31(50)28(47)29(48)32(56-35)33(51)52/h7-8,20-32,34-35,43-50H,9-19H2,1-6H3,(H,51,52). The summed E-state index contributed by atoms with van der Waals surface area (Å²) in [5, 5.41) is 93.6. The first kappa shape index (κ1) is 43.3. The number of fused-ring (bicyclic) bond motifs is 7. The molecule has 0 bridgehead atoms.